The SMILES string of the molecule is NCCCCCCNCC(=O)CO. The van der Waals surface area contributed by atoms with E-state index in [2.05, 4.69) is 5.32 Å². The largest absolute Gasteiger partial charge is 0.389 e. The van der Waals surface area contributed by atoms with E-state index >= 15 is 0 Å². The summed E-state index contributed by atoms with van der Waals surface area (Å²) in [6.45, 7) is 1.53. The molecule has 0 aliphatic carbocycles. The molecule has 0 unspecified atom stereocenters. The number of aliphatic hydroxyl groups excluding tert-OH is 1. The zero-order valence-corrected chi connectivity index (χ0v) is 8.09. The Kier molecular flexibility index (Phi) is 9.30. The minimum absolute atomic E-state index is 0.151. The van der Waals surface area contributed by atoms with Crippen molar-refractivity contribution in [1.29, 1.82) is 0 Å². The van der Waals surface area contributed by atoms with Gasteiger partial charge in [0.1, 0.15) is 6.61 Å². The standard InChI is InChI=1S/C9H20N2O2/c10-5-3-1-2-4-6-11-7-9(13)8-12/h11-12H,1-8,10H2. The Balaban J connectivity index is 2.95. The van der Waals surface area contributed by atoms with E-state index in [-0.39, 0.29) is 18.9 Å². The fourth-order valence-electron chi connectivity index (χ4n) is 1.03. The van der Waals surface area contributed by atoms with Gasteiger partial charge in [0.25, 0.3) is 0 Å². The van der Waals surface area contributed by atoms with E-state index in [1.165, 1.54) is 0 Å². The number of Topliss-reactive ketones (excluding diaryl/α,β-unsaturated/α-hetero) is 1. The molecule has 78 valence electrons. The first kappa shape index (κ1) is 12.6. The highest BCUT2D eigenvalue weighted by molar-refractivity contribution is 5.81. The first-order valence-corrected chi connectivity index (χ1v) is 4.84. The Hall–Kier alpha value is -0.450. The van der Waals surface area contributed by atoms with Gasteiger partial charge in [-0.1, -0.05) is 12.8 Å². The summed E-state index contributed by atoms with van der Waals surface area (Å²) < 4.78 is 0. The van der Waals surface area contributed by atoms with E-state index in [0.29, 0.717) is 0 Å². The lowest BCUT2D eigenvalue weighted by Crippen LogP contribution is -2.25. The maximum Gasteiger partial charge on any atom is 0.171 e. The molecule has 0 saturated carbocycles. The summed E-state index contributed by atoms with van der Waals surface area (Å²) >= 11 is 0. The number of hydrogen-bond donors (Lipinski definition) is 3. The van der Waals surface area contributed by atoms with Crippen molar-refractivity contribution in [3.05, 3.63) is 0 Å². The summed E-state index contributed by atoms with van der Waals surface area (Å²) in [7, 11) is 0. The van der Waals surface area contributed by atoms with Crippen LogP contribution < -0.4 is 11.1 Å². The minimum Gasteiger partial charge on any atom is -0.389 e. The Morgan fingerprint density at radius 2 is 1.92 bits per heavy atom. The molecular formula is C9H20N2O2. The number of rotatable bonds is 9. The molecule has 0 bridgehead atoms. The molecule has 0 atom stereocenters. The lowest BCUT2D eigenvalue weighted by Gasteiger charge is -2.02. The molecule has 0 heterocycles. The Morgan fingerprint density at radius 3 is 2.54 bits per heavy atom. The highest BCUT2D eigenvalue weighted by atomic mass is 16.3. The number of unbranched alkanes of at least 4 members (excludes halogenated alkanes) is 3. The molecular weight excluding hydrogens is 168 g/mol. The van der Waals surface area contributed by atoms with Gasteiger partial charge in [0.05, 0.1) is 6.54 Å². The van der Waals surface area contributed by atoms with E-state index in [4.69, 9.17) is 10.8 Å². The van der Waals surface area contributed by atoms with Crippen LogP contribution >= 0.6 is 0 Å². The van der Waals surface area contributed by atoms with Crippen molar-refractivity contribution < 1.29 is 9.90 Å². The third-order valence-electron chi connectivity index (χ3n) is 1.81. The van der Waals surface area contributed by atoms with E-state index in [9.17, 15) is 4.79 Å². The Bertz CT molecular complexity index is 129. The quantitative estimate of drug-likeness (QED) is 0.433. The summed E-state index contributed by atoms with van der Waals surface area (Å²) in [6, 6.07) is 0. The highest BCUT2D eigenvalue weighted by Gasteiger charge is 1.96. The van der Waals surface area contributed by atoms with Gasteiger partial charge in [-0.2, -0.15) is 0 Å². The van der Waals surface area contributed by atoms with E-state index in [1.54, 1.807) is 0 Å². The van der Waals surface area contributed by atoms with Gasteiger partial charge in [0.2, 0.25) is 0 Å². The summed E-state index contributed by atoms with van der Waals surface area (Å²) in [6.07, 6.45) is 4.46. The predicted octanol–water partition coefficient (Wildman–Crippen LogP) is -0.343. The summed E-state index contributed by atoms with van der Waals surface area (Å²) in [4.78, 5) is 10.6. The van der Waals surface area contributed by atoms with Gasteiger partial charge in [-0.15, -0.1) is 0 Å². The average molecular weight is 188 g/mol. The van der Waals surface area contributed by atoms with Crippen LogP contribution in [0, 0.1) is 0 Å². The molecule has 13 heavy (non-hydrogen) atoms. The van der Waals surface area contributed by atoms with E-state index in [1.807, 2.05) is 0 Å². The fourth-order valence-corrected chi connectivity index (χ4v) is 1.03. The molecule has 4 nitrogen and oxygen atoms in total. The molecule has 4 N–H and O–H groups in total. The van der Waals surface area contributed by atoms with Crippen molar-refractivity contribution in [2.75, 3.05) is 26.2 Å². The van der Waals surface area contributed by atoms with Gasteiger partial charge >= 0.3 is 0 Å². The van der Waals surface area contributed by atoms with E-state index < -0.39 is 0 Å². The van der Waals surface area contributed by atoms with Crippen LogP contribution in [-0.4, -0.2) is 37.1 Å². The van der Waals surface area contributed by atoms with Crippen molar-refractivity contribution >= 4 is 5.78 Å². The van der Waals surface area contributed by atoms with Gasteiger partial charge in [-0.25, -0.2) is 0 Å². The van der Waals surface area contributed by atoms with Gasteiger partial charge in [-0.05, 0) is 25.9 Å². The van der Waals surface area contributed by atoms with Crippen LogP contribution in [0.5, 0.6) is 0 Å². The average Bonchev–Trinajstić information content (AvgIpc) is 2.16. The molecule has 4 heteroatoms. The molecule has 0 rings (SSSR count). The zero-order valence-electron chi connectivity index (χ0n) is 8.09. The lowest BCUT2D eigenvalue weighted by atomic mass is 10.2. The third kappa shape index (κ3) is 9.46. The third-order valence-corrected chi connectivity index (χ3v) is 1.81. The Labute approximate surface area is 79.5 Å². The van der Waals surface area contributed by atoms with Crippen LogP contribution in [-0.2, 0) is 4.79 Å². The molecule has 0 aromatic heterocycles. The smallest absolute Gasteiger partial charge is 0.171 e. The van der Waals surface area contributed by atoms with Crippen molar-refractivity contribution in [3.8, 4) is 0 Å². The normalized spacial score (nSPS) is 10.3. The topological polar surface area (TPSA) is 75.3 Å². The first-order valence-electron chi connectivity index (χ1n) is 4.84. The maximum atomic E-state index is 10.6. The minimum atomic E-state index is -0.361. The number of carbonyl (C=O) groups is 1. The molecule has 0 amide bonds. The van der Waals surface area contributed by atoms with Gasteiger partial charge in [0, 0.05) is 0 Å². The number of carbonyl (C=O) groups excluding carboxylic acids is 1. The number of ketones is 1. The molecule has 0 aliphatic heterocycles. The monoisotopic (exact) mass is 188 g/mol. The lowest BCUT2D eigenvalue weighted by molar-refractivity contribution is -0.120. The van der Waals surface area contributed by atoms with Crippen molar-refractivity contribution in [2.45, 2.75) is 25.7 Å². The first-order chi connectivity index (χ1) is 6.31. The maximum absolute atomic E-state index is 10.6. The molecule has 0 fully saturated rings. The van der Waals surface area contributed by atoms with Crippen molar-refractivity contribution in [3.63, 3.8) is 0 Å². The van der Waals surface area contributed by atoms with Gasteiger partial charge < -0.3 is 16.2 Å². The zero-order chi connectivity index (χ0) is 9.94. The van der Waals surface area contributed by atoms with Crippen LogP contribution in [0.2, 0.25) is 0 Å². The van der Waals surface area contributed by atoms with Crippen LogP contribution in [0.3, 0.4) is 0 Å². The summed E-state index contributed by atoms with van der Waals surface area (Å²) in [5, 5.41) is 11.4. The van der Waals surface area contributed by atoms with Crippen LogP contribution in [0.4, 0.5) is 0 Å². The predicted molar refractivity (Wildman–Crippen MR) is 52.5 cm³/mol. The van der Waals surface area contributed by atoms with Crippen LogP contribution in [0.25, 0.3) is 0 Å². The second-order valence-electron chi connectivity index (χ2n) is 3.08. The summed E-state index contributed by atoms with van der Waals surface area (Å²) in [5.74, 6) is -0.151. The number of nitrogens with two attached hydrogens (primary N) is 1. The molecule has 0 saturated heterocycles. The second kappa shape index (κ2) is 9.64. The van der Waals surface area contributed by atoms with Gasteiger partial charge in [-0.3, -0.25) is 4.79 Å². The molecule has 0 radical (unpaired) electrons. The second-order valence-corrected chi connectivity index (χ2v) is 3.08. The number of aliphatic hydroxyl groups is 1. The van der Waals surface area contributed by atoms with Crippen molar-refractivity contribution in [2.24, 2.45) is 5.73 Å². The van der Waals surface area contributed by atoms with Gasteiger partial charge in [0.15, 0.2) is 5.78 Å². The number of hydrogen-bond acceptors (Lipinski definition) is 4. The fraction of sp³-hybridized carbons (Fsp3) is 0.889. The molecule has 0 aromatic rings. The van der Waals surface area contributed by atoms with E-state index in [0.717, 1.165) is 38.8 Å². The highest BCUT2D eigenvalue weighted by Crippen LogP contribution is 1.96. The molecule has 0 aromatic carbocycles. The van der Waals surface area contributed by atoms with Crippen LogP contribution in [0.1, 0.15) is 25.7 Å². The van der Waals surface area contributed by atoms with Crippen molar-refractivity contribution in [1.82, 2.24) is 5.32 Å². The molecule has 0 aliphatic rings. The van der Waals surface area contributed by atoms with Crippen LogP contribution in [0.15, 0.2) is 0 Å². The molecule has 0 spiro atoms. The Morgan fingerprint density at radius 1 is 1.23 bits per heavy atom. The summed E-state index contributed by atoms with van der Waals surface area (Å²) in [5.41, 5.74) is 5.34. The number of nitrogens with one attached hydrogen (secondary N) is 1.